The van der Waals surface area contributed by atoms with Gasteiger partial charge in [0.2, 0.25) is 0 Å². The van der Waals surface area contributed by atoms with E-state index in [0.717, 1.165) is 18.5 Å². The van der Waals surface area contributed by atoms with Gasteiger partial charge in [0.15, 0.2) is 0 Å². The molecule has 0 spiro atoms. The first-order valence-corrected chi connectivity index (χ1v) is 8.95. The van der Waals surface area contributed by atoms with Crippen LogP contribution < -0.4 is 39.6 Å². The standard InChI is InChI=1S/C20H25N3O4.B.Na/c1-20(2,3)27-19(25)23-15-7-8-21-18(14(15)11-24)13-10-22-16(12-5-6-12)9-17(13)26-4;;/h7-10,12,24H,5-6,11H2,1-4H3,(H,21,23,25);;/q;-1;+1. The van der Waals surface area contributed by atoms with Crippen molar-refractivity contribution in [3.8, 4) is 17.0 Å². The van der Waals surface area contributed by atoms with Gasteiger partial charge in [0.25, 0.3) is 0 Å². The molecule has 1 saturated carbocycles. The molecule has 1 fully saturated rings. The first-order valence-electron chi connectivity index (χ1n) is 8.95. The predicted molar refractivity (Wildman–Crippen MR) is 108 cm³/mol. The van der Waals surface area contributed by atoms with Crippen LogP contribution in [0.25, 0.3) is 11.3 Å². The summed E-state index contributed by atoms with van der Waals surface area (Å²) in [7, 11) is 1.59. The quantitative estimate of drug-likeness (QED) is 0.704. The van der Waals surface area contributed by atoms with Crippen molar-refractivity contribution in [3.63, 3.8) is 0 Å². The van der Waals surface area contributed by atoms with E-state index in [9.17, 15) is 9.90 Å². The van der Waals surface area contributed by atoms with Gasteiger partial charge in [-0.3, -0.25) is 15.3 Å². The third kappa shape index (κ3) is 6.44. The summed E-state index contributed by atoms with van der Waals surface area (Å²) >= 11 is 0. The van der Waals surface area contributed by atoms with Crippen molar-refractivity contribution in [1.82, 2.24) is 9.97 Å². The monoisotopic (exact) mass is 405 g/mol. The van der Waals surface area contributed by atoms with Gasteiger partial charge in [0, 0.05) is 35.6 Å². The molecule has 2 N–H and O–H groups in total. The van der Waals surface area contributed by atoms with Gasteiger partial charge in [0.1, 0.15) is 11.4 Å². The van der Waals surface area contributed by atoms with Gasteiger partial charge in [-0.2, -0.15) is 0 Å². The van der Waals surface area contributed by atoms with E-state index in [1.54, 1.807) is 46.3 Å². The molecule has 3 rings (SSSR count). The molecule has 2 aromatic rings. The maximum atomic E-state index is 12.1. The molecule has 4 radical (unpaired) electrons. The maximum Gasteiger partial charge on any atom is 1.00 e. The van der Waals surface area contributed by atoms with Crippen molar-refractivity contribution in [1.29, 1.82) is 0 Å². The number of amides is 1. The van der Waals surface area contributed by atoms with Crippen molar-refractivity contribution in [2.75, 3.05) is 12.4 Å². The Morgan fingerprint density at radius 3 is 2.55 bits per heavy atom. The number of hydrogen-bond donors (Lipinski definition) is 2. The Hall–Kier alpha value is -1.61. The van der Waals surface area contributed by atoms with E-state index >= 15 is 0 Å². The van der Waals surface area contributed by atoms with Crippen molar-refractivity contribution in [2.45, 2.75) is 51.7 Å². The summed E-state index contributed by atoms with van der Waals surface area (Å²) in [5.74, 6) is 1.14. The summed E-state index contributed by atoms with van der Waals surface area (Å²) < 4.78 is 10.8. The molecule has 0 aromatic carbocycles. The van der Waals surface area contributed by atoms with Crippen LogP contribution >= 0.6 is 0 Å². The topological polar surface area (TPSA) is 93.6 Å². The normalized spacial score (nSPS) is 13.0. The number of nitrogens with zero attached hydrogens (tertiary/aromatic N) is 2. The largest absolute Gasteiger partial charge is 1.00 e. The van der Waals surface area contributed by atoms with Gasteiger partial charge < -0.3 is 23.0 Å². The first-order chi connectivity index (χ1) is 12.8. The number of methoxy groups -OCH3 is 1. The number of carbonyl (C=O) groups is 1. The van der Waals surface area contributed by atoms with E-state index in [0.29, 0.717) is 34.2 Å². The molecule has 1 aliphatic rings. The molecule has 0 atom stereocenters. The molecular formula is C20H25BN3NaO4. The minimum atomic E-state index is -0.620. The molecule has 1 amide bonds. The second kappa shape index (κ2) is 10.4. The van der Waals surface area contributed by atoms with Crippen LogP contribution in [0.3, 0.4) is 0 Å². The van der Waals surface area contributed by atoms with Crippen molar-refractivity contribution in [3.05, 3.63) is 35.8 Å². The van der Waals surface area contributed by atoms with Crippen LogP contribution in [0.2, 0.25) is 0 Å². The van der Waals surface area contributed by atoms with Crippen LogP contribution in [0.5, 0.6) is 5.75 Å². The summed E-state index contributed by atoms with van der Waals surface area (Å²) in [6.45, 7) is 5.06. The van der Waals surface area contributed by atoms with Crippen LogP contribution in [-0.2, 0) is 11.3 Å². The molecular weight excluding hydrogens is 380 g/mol. The van der Waals surface area contributed by atoms with E-state index in [1.807, 2.05) is 6.07 Å². The van der Waals surface area contributed by atoms with E-state index in [-0.39, 0.29) is 44.6 Å². The van der Waals surface area contributed by atoms with Gasteiger partial charge in [-0.25, -0.2) is 4.79 Å². The summed E-state index contributed by atoms with van der Waals surface area (Å²) in [6, 6.07) is 3.54. The Bertz CT molecular complexity index is 854. The molecule has 148 valence electrons. The number of anilines is 1. The molecule has 0 unspecified atom stereocenters. The first kappa shape index (κ1) is 25.4. The zero-order valence-corrected chi connectivity index (χ0v) is 19.7. The SMILES string of the molecule is COc1cc(C2CC2)ncc1-c1nccc(NC(=O)OC(C)(C)C)c1CO.[B-].[Na+]. The van der Waals surface area contributed by atoms with Gasteiger partial charge in [-0.1, -0.05) is 0 Å². The number of pyridine rings is 2. The maximum absolute atomic E-state index is 12.1. The number of aromatic nitrogens is 2. The zero-order valence-electron chi connectivity index (χ0n) is 17.7. The zero-order chi connectivity index (χ0) is 19.6. The van der Waals surface area contributed by atoms with Gasteiger partial charge in [-0.05, 0) is 39.7 Å². The number of carbonyl (C=O) groups excluding carboxylic acids is 1. The minimum absolute atomic E-state index is 0. The van der Waals surface area contributed by atoms with Crippen LogP contribution in [0.4, 0.5) is 10.5 Å². The van der Waals surface area contributed by atoms with Crippen molar-refractivity contribution in [2.24, 2.45) is 0 Å². The molecule has 7 nitrogen and oxygen atoms in total. The van der Waals surface area contributed by atoms with Crippen LogP contribution in [0, 0.1) is 0 Å². The van der Waals surface area contributed by atoms with Crippen LogP contribution in [-0.4, -0.2) is 42.3 Å². The summed E-state index contributed by atoms with van der Waals surface area (Å²) in [5.41, 5.74) is 2.47. The predicted octanol–water partition coefficient (Wildman–Crippen LogP) is 0.492. The van der Waals surface area contributed by atoms with Crippen LogP contribution in [0.1, 0.15) is 50.8 Å². The van der Waals surface area contributed by atoms with E-state index in [2.05, 4.69) is 15.3 Å². The molecule has 0 aliphatic heterocycles. The fraction of sp³-hybridized carbons (Fsp3) is 0.450. The average molecular weight is 405 g/mol. The second-order valence-corrected chi connectivity index (χ2v) is 7.55. The number of nitrogens with one attached hydrogen (secondary N) is 1. The molecule has 2 aromatic heterocycles. The van der Waals surface area contributed by atoms with E-state index < -0.39 is 11.7 Å². The Balaban J connectivity index is 0.00000210. The number of rotatable bonds is 5. The van der Waals surface area contributed by atoms with Crippen LogP contribution in [0.15, 0.2) is 24.5 Å². The van der Waals surface area contributed by atoms with Gasteiger partial charge in [0.05, 0.1) is 30.7 Å². The molecule has 2 heterocycles. The third-order valence-electron chi connectivity index (χ3n) is 4.21. The fourth-order valence-corrected chi connectivity index (χ4v) is 2.82. The Morgan fingerprint density at radius 1 is 1.31 bits per heavy atom. The average Bonchev–Trinajstić information content (AvgIpc) is 3.44. The molecule has 9 heteroatoms. The van der Waals surface area contributed by atoms with Crippen molar-refractivity contribution >= 4 is 20.2 Å². The number of aliphatic hydroxyl groups is 1. The number of hydrogen-bond acceptors (Lipinski definition) is 6. The summed E-state index contributed by atoms with van der Waals surface area (Å²) in [6.07, 6.45) is 4.97. The second-order valence-electron chi connectivity index (χ2n) is 7.55. The fourth-order valence-electron chi connectivity index (χ4n) is 2.82. The summed E-state index contributed by atoms with van der Waals surface area (Å²) in [5, 5.41) is 12.6. The van der Waals surface area contributed by atoms with Gasteiger partial charge in [-0.15, -0.1) is 0 Å². The van der Waals surface area contributed by atoms with Gasteiger partial charge >= 0.3 is 35.7 Å². The molecule has 0 saturated heterocycles. The Kier molecular flexibility index (Phi) is 9.15. The molecule has 0 bridgehead atoms. The minimum Gasteiger partial charge on any atom is -1.00 e. The number of aliphatic hydroxyl groups excluding tert-OH is 1. The smallest absolute Gasteiger partial charge is 1.00 e. The number of ether oxygens (including phenoxy) is 2. The third-order valence-corrected chi connectivity index (χ3v) is 4.21. The molecule has 29 heavy (non-hydrogen) atoms. The summed E-state index contributed by atoms with van der Waals surface area (Å²) in [4.78, 5) is 21.0. The van der Waals surface area contributed by atoms with Crippen molar-refractivity contribution < 1.29 is 48.9 Å². The van der Waals surface area contributed by atoms with E-state index in [1.165, 1.54) is 0 Å². The Labute approximate surface area is 195 Å². The Morgan fingerprint density at radius 2 is 2.00 bits per heavy atom. The van der Waals surface area contributed by atoms with E-state index in [4.69, 9.17) is 9.47 Å². The molecule has 1 aliphatic carbocycles.